The molecule has 11 nitrogen and oxygen atoms in total. The standard InChI is InChI=1S/C17H25NO5.C15H12F3NO4S/c1-6-8-11(18-23-9-7-2)13-12(19)10-17(3,4)14(15(13)20)16(21)22-5;1-24(21,22)12-6-9(15(16,17)18)4-5-10(12)13(20)11-7-19-23-14(11)8-2-3-8/h7,14,20H,2,6,8-10H2,1,3-5H3;4-8H,2-3H2,1H3/b18-11+;. The highest BCUT2D eigenvalue weighted by molar-refractivity contribution is 7.90. The third kappa shape index (κ3) is 8.76. The number of aliphatic hydroxyl groups is 1. The molecule has 4 rings (SSSR count). The highest BCUT2D eigenvalue weighted by Gasteiger charge is 2.47. The number of benzene rings is 1. The number of aliphatic hydroxyl groups excluding tert-OH is 1. The summed E-state index contributed by atoms with van der Waals surface area (Å²) in [5.74, 6) is -2.33. The van der Waals surface area contributed by atoms with Crippen LogP contribution in [0.2, 0.25) is 0 Å². The van der Waals surface area contributed by atoms with Crippen LogP contribution in [-0.2, 0) is 35.2 Å². The first-order valence-electron chi connectivity index (χ1n) is 14.6. The molecule has 0 bridgehead atoms. The number of ether oxygens (including phenoxy) is 1. The van der Waals surface area contributed by atoms with Crippen LogP contribution >= 0.6 is 0 Å². The van der Waals surface area contributed by atoms with Gasteiger partial charge in [0.15, 0.2) is 27.2 Å². The fraction of sp³-hybridized carbons (Fsp3) is 0.469. The van der Waals surface area contributed by atoms with E-state index in [0.29, 0.717) is 36.4 Å². The normalized spacial score (nSPS) is 18.3. The maximum Gasteiger partial charge on any atom is 0.416 e. The van der Waals surface area contributed by atoms with E-state index in [1.807, 2.05) is 6.92 Å². The van der Waals surface area contributed by atoms with Gasteiger partial charge in [0.2, 0.25) is 0 Å². The van der Waals surface area contributed by atoms with Crippen molar-refractivity contribution in [3.63, 3.8) is 0 Å². The first-order valence-corrected chi connectivity index (χ1v) is 16.5. The zero-order valence-electron chi connectivity index (χ0n) is 26.6. The summed E-state index contributed by atoms with van der Waals surface area (Å²) in [6, 6.07) is 2.05. The third-order valence-corrected chi connectivity index (χ3v) is 8.67. The van der Waals surface area contributed by atoms with Gasteiger partial charge in [-0.2, -0.15) is 13.2 Å². The summed E-state index contributed by atoms with van der Waals surface area (Å²) < 4.78 is 72.1. The van der Waals surface area contributed by atoms with E-state index in [4.69, 9.17) is 14.1 Å². The summed E-state index contributed by atoms with van der Waals surface area (Å²) in [6.45, 7) is 9.16. The molecule has 0 radical (unpaired) electrons. The van der Waals surface area contributed by atoms with Crippen LogP contribution in [0.5, 0.6) is 0 Å². The van der Waals surface area contributed by atoms with Crippen LogP contribution in [0.1, 0.15) is 86.0 Å². The van der Waals surface area contributed by atoms with Gasteiger partial charge in [0.05, 0.1) is 40.6 Å². The maximum absolute atomic E-state index is 12.8. The molecule has 0 saturated heterocycles. The number of nitrogens with zero attached hydrogens (tertiary/aromatic N) is 2. The molecule has 2 aliphatic carbocycles. The van der Waals surface area contributed by atoms with Gasteiger partial charge in [0.1, 0.15) is 18.3 Å². The lowest BCUT2D eigenvalue weighted by molar-refractivity contribution is -0.150. The van der Waals surface area contributed by atoms with E-state index < -0.39 is 49.6 Å². The lowest BCUT2D eigenvalue weighted by Crippen LogP contribution is -2.41. The molecule has 2 aliphatic rings. The quantitative estimate of drug-likeness (QED) is 0.0726. The lowest BCUT2D eigenvalue weighted by Gasteiger charge is -2.36. The Labute approximate surface area is 270 Å². The lowest BCUT2D eigenvalue weighted by atomic mass is 9.67. The molecule has 256 valence electrons. The highest BCUT2D eigenvalue weighted by Crippen LogP contribution is 2.43. The average molecular weight is 683 g/mol. The number of hydrogen-bond acceptors (Lipinski definition) is 11. The van der Waals surface area contributed by atoms with Crippen LogP contribution in [0, 0.1) is 11.3 Å². The summed E-state index contributed by atoms with van der Waals surface area (Å²) in [6.07, 6.45) is 1.68. The molecule has 1 aromatic heterocycles. The van der Waals surface area contributed by atoms with E-state index in [9.17, 15) is 41.1 Å². The molecule has 0 spiro atoms. The van der Waals surface area contributed by atoms with Crippen LogP contribution in [-0.4, -0.2) is 61.9 Å². The second kappa shape index (κ2) is 14.7. The molecule has 0 aliphatic heterocycles. The van der Waals surface area contributed by atoms with Gasteiger partial charge in [0.25, 0.3) is 0 Å². The van der Waals surface area contributed by atoms with E-state index in [1.165, 1.54) is 19.4 Å². The van der Waals surface area contributed by atoms with Crippen molar-refractivity contribution >= 4 is 33.1 Å². The van der Waals surface area contributed by atoms with Gasteiger partial charge >= 0.3 is 12.1 Å². The van der Waals surface area contributed by atoms with E-state index >= 15 is 0 Å². The summed E-state index contributed by atoms with van der Waals surface area (Å²) in [5.41, 5.74) is -1.67. The Morgan fingerprint density at radius 2 is 1.89 bits per heavy atom. The Bertz CT molecular complexity index is 1700. The molecular weight excluding hydrogens is 645 g/mol. The van der Waals surface area contributed by atoms with Crippen molar-refractivity contribution in [1.82, 2.24) is 5.16 Å². The van der Waals surface area contributed by atoms with Crippen LogP contribution in [0.4, 0.5) is 13.2 Å². The van der Waals surface area contributed by atoms with Crippen LogP contribution in [0.3, 0.4) is 0 Å². The number of allylic oxidation sites excluding steroid dienone is 1. The first-order chi connectivity index (χ1) is 21.9. The molecule has 2 aromatic rings. The van der Waals surface area contributed by atoms with E-state index in [-0.39, 0.29) is 47.2 Å². The molecule has 15 heteroatoms. The number of sulfone groups is 1. The van der Waals surface area contributed by atoms with Crippen molar-refractivity contribution < 1.29 is 55.2 Å². The van der Waals surface area contributed by atoms with Crippen molar-refractivity contribution in [3.8, 4) is 0 Å². The summed E-state index contributed by atoms with van der Waals surface area (Å²) in [4.78, 5) is 41.6. The molecule has 1 unspecified atom stereocenters. The number of alkyl halides is 3. The predicted octanol–water partition coefficient (Wildman–Crippen LogP) is 6.15. The second-order valence-corrected chi connectivity index (χ2v) is 13.8. The molecule has 1 N–H and O–H groups in total. The van der Waals surface area contributed by atoms with Crippen molar-refractivity contribution in [2.45, 2.75) is 69.9 Å². The number of ketones is 2. The largest absolute Gasteiger partial charge is 0.511 e. The highest BCUT2D eigenvalue weighted by atomic mass is 32.2. The van der Waals surface area contributed by atoms with Gasteiger partial charge in [0, 0.05) is 24.2 Å². The number of rotatable bonds is 11. The maximum atomic E-state index is 12.8. The fourth-order valence-electron chi connectivity index (χ4n) is 5.14. The van der Waals surface area contributed by atoms with Gasteiger partial charge in [-0.3, -0.25) is 14.4 Å². The summed E-state index contributed by atoms with van der Waals surface area (Å²) in [7, 11) is -2.78. The molecule has 1 aromatic carbocycles. The number of methoxy groups -OCH3 is 1. The van der Waals surface area contributed by atoms with Crippen LogP contribution in [0.15, 0.2) is 63.0 Å². The number of aromatic nitrogens is 1. The molecule has 1 atom stereocenters. The topological polar surface area (TPSA) is 162 Å². The Balaban J connectivity index is 0.000000256. The smallest absolute Gasteiger partial charge is 0.416 e. The Morgan fingerprint density at radius 3 is 2.43 bits per heavy atom. The van der Waals surface area contributed by atoms with Gasteiger partial charge in [-0.15, -0.1) is 0 Å². The van der Waals surface area contributed by atoms with Gasteiger partial charge in [-0.1, -0.05) is 50.2 Å². The van der Waals surface area contributed by atoms with Gasteiger partial charge in [-0.25, -0.2) is 8.42 Å². The van der Waals surface area contributed by atoms with Crippen molar-refractivity contribution in [2.24, 2.45) is 16.5 Å². The fourth-order valence-corrected chi connectivity index (χ4v) is 6.04. The van der Waals surface area contributed by atoms with Crippen molar-refractivity contribution in [3.05, 3.63) is 70.8 Å². The number of esters is 1. The molecule has 1 saturated carbocycles. The monoisotopic (exact) mass is 682 g/mol. The molecule has 0 amide bonds. The minimum Gasteiger partial charge on any atom is -0.511 e. The number of Topliss-reactive ketones (excluding diaryl/α,β-unsaturated/α-hetero) is 1. The number of hydrogen-bond donors (Lipinski definition) is 1. The Kier molecular flexibility index (Phi) is 11.6. The Hall–Kier alpha value is -4.27. The zero-order chi connectivity index (χ0) is 35.3. The third-order valence-electron chi connectivity index (χ3n) is 7.53. The molecule has 1 fully saturated rings. The van der Waals surface area contributed by atoms with Crippen LogP contribution in [0.25, 0.3) is 0 Å². The zero-order valence-corrected chi connectivity index (χ0v) is 27.5. The molecule has 1 heterocycles. The minimum atomic E-state index is -4.71. The predicted molar refractivity (Wildman–Crippen MR) is 164 cm³/mol. The summed E-state index contributed by atoms with van der Waals surface area (Å²) in [5, 5.41) is 18.1. The van der Waals surface area contributed by atoms with Gasteiger partial charge < -0.3 is 19.2 Å². The van der Waals surface area contributed by atoms with Crippen molar-refractivity contribution in [1.29, 1.82) is 0 Å². The SMILES string of the molecule is C=CCO/N=C(\CCC)C1=C(O)C(C(=O)OC)C(C)(C)CC1=O.CS(=O)(=O)c1cc(C(F)(F)F)ccc1C(=O)c1cnoc1C1CC1. The Morgan fingerprint density at radius 1 is 1.23 bits per heavy atom. The summed E-state index contributed by atoms with van der Waals surface area (Å²) >= 11 is 0. The minimum absolute atomic E-state index is 0.0441. The van der Waals surface area contributed by atoms with E-state index in [2.05, 4.69) is 16.9 Å². The molecular formula is C32H37F3N2O9S. The van der Waals surface area contributed by atoms with Gasteiger partial charge in [-0.05, 0) is 42.9 Å². The number of carbonyl (C=O) groups is 3. The second-order valence-electron chi connectivity index (χ2n) is 11.9. The number of halogens is 3. The average Bonchev–Trinajstić information content (AvgIpc) is 3.70. The number of carbonyl (C=O) groups excluding carboxylic acids is 3. The van der Waals surface area contributed by atoms with E-state index in [0.717, 1.165) is 25.2 Å². The first kappa shape index (κ1) is 37.2. The number of oxime groups is 1. The van der Waals surface area contributed by atoms with Crippen molar-refractivity contribution in [2.75, 3.05) is 20.0 Å². The molecule has 47 heavy (non-hydrogen) atoms. The van der Waals surface area contributed by atoms with E-state index in [1.54, 1.807) is 13.8 Å². The van der Waals surface area contributed by atoms with Crippen LogP contribution < -0.4 is 0 Å².